The molecule has 3 aromatic carbocycles. The molecular formula is C27H13F5N4S. The Morgan fingerprint density at radius 2 is 1.27 bits per heavy atom. The van der Waals surface area contributed by atoms with Crippen molar-refractivity contribution in [1.82, 2.24) is 0 Å². The van der Waals surface area contributed by atoms with Gasteiger partial charge < -0.3 is 0 Å². The minimum Gasteiger partial charge on any atom is -0.226 e. The van der Waals surface area contributed by atoms with Crippen LogP contribution < -0.4 is 10.4 Å². The van der Waals surface area contributed by atoms with Gasteiger partial charge in [0.1, 0.15) is 4.90 Å². The van der Waals surface area contributed by atoms with Crippen molar-refractivity contribution in [3.8, 4) is 34.4 Å². The van der Waals surface area contributed by atoms with E-state index in [1.807, 2.05) is 31.2 Å². The molecule has 37 heavy (non-hydrogen) atoms. The average molecular weight is 520 g/mol. The Labute approximate surface area is 208 Å². The lowest BCUT2D eigenvalue weighted by molar-refractivity contribution is 0.364. The summed E-state index contributed by atoms with van der Waals surface area (Å²) in [5, 5.41) is 19.8. The van der Waals surface area contributed by atoms with Crippen LogP contribution in [0.5, 0.6) is 0 Å². The van der Waals surface area contributed by atoms with Crippen molar-refractivity contribution < 1.29 is 19.4 Å². The predicted octanol–water partition coefficient (Wildman–Crippen LogP) is 6.90. The van der Waals surface area contributed by atoms with Gasteiger partial charge in [-0.15, -0.1) is 0 Å². The van der Waals surface area contributed by atoms with Gasteiger partial charge in [0.25, 0.3) is 11.4 Å². The number of hydrogen-bond donors (Lipinski definition) is 0. The van der Waals surface area contributed by atoms with Crippen LogP contribution in [0.3, 0.4) is 0 Å². The predicted molar refractivity (Wildman–Crippen MR) is 130 cm³/mol. The van der Waals surface area contributed by atoms with Gasteiger partial charge in [0.15, 0.2) is 0 Å². The van der Waals surface area contributed by atoms with Gasteiger partial charge in [0.05, 0.1) is 25.3 Å². The molecule has 0 heterocycles. The number of rotatable bonds is 1. The fraction of sp³-hybridized carbons (Fsp3) is 0.111. The van der Waals surface area contributed by atoms with Gasteiger partial charge in [-0.05, 0) is 81.6 Å². The second-order valence-electron chi connectivity index (χ2n) is 8.90. The highest BCUT2D eigenvalue weighted by molar-refractivity contribution is 8.45. The maximum absolute atomic E-state index is 13.8. The summed E-state index contributed by atoms with van der Waals surface area (Å²) in [5.74, 6) is 0. The average Bonchev–Trinajstić information content (AvgIpc) is 3.38. The van der Waals surface area contributed by atoms with E-state index in [0.717, 1.165) is 17.2 Å². The molecule has 0 saturated carbocycles. The first kappa shape index (κ1) is 24.1. The lowest BCUT2D eigenvalue weighted by Gasteiger charge is -2.40. The van der Waals surface area contributed by atoms with E-state index in [2.05, 4.69) is 9.69 Å². The minimum atomic E-state index is -10.1. The molecule has 0 spiro atoms. The monoisotopic (exact) mass is 520 g/mol. The van der Waals surface area contributed by atoms with Gasteiger partial charge in [0.2, 0.25) is 0 Å². The summed E-state index contributed by atoms with van der Waals surface area (Å²) in [7, 11) is -10.1. The standard InChI is InChI=1S/C27H13F5N4S/c1-14-4-5-15-9-20-24(22(12-33)35-2)21-10-16-6-7-17(37(28,29,30,31)32)11-19(16)26(21)27(23(13-34)36-3)25(20)18(15)8-14/h4-8,11H,9-10H2,1H3/b24-22+,27-23+. The Hall–Kier alpha value is -4.64. The van der Waals surface area contributed by atoms with Crippen LogP contribution in [0.25, 0.3) is 43.3 Å². The molecule has 0 N–H and O–H groups in total. The van der Waals surface area contributed by atoms with Crippen LogP contribution in [0, 0.1) is 42.7 Å². The number of halogens is 5. The summed E-state index contributed by atoms with van der Waals surface area (Å²) >= 11 is 0. The zero-order chi connectivity index (χ0) is 27.0. The summed E-state index contributed by atoms with van der Waals surface area (Å²) < 4.78 is 68.8. The Morgan fingerprint density at radius 1 is 0.784 bits per heavy atom. The first-order valence-corrected chi connectivity index (χ1v) is 12.7. The van der Waals surface area contributed by atoms with Gasteiger partial charge >= 0.3 is 10.2 Å². The third-order valence-electron chi connectivity index (χ3n) is 6.68. The largest absolute Gasteiger partial charge is 0.310 e. The molecule has 0 bridgehead atoms. The first-order valence-electron chi connectivity index (χ1n) is 10.7. The number of nitriles is 2. The second kappa shape index (κ2) is 6.98. The molecule has 0 amide bonds. The number of hydrogen-bond acceptors (Lipinski definition) is 2. The smallest absolute Gasteiger partial charge is 0.226 e. The molecular weight excluding hydrogens is 507 g/mol. The topological polar surface area (TPSA) is 56.3 Å². The summed E-state index contributed by atoms with van der Waals surface area (Å²) in [6.07, 6.45) is 0.221. The summed E-state index contributed by atoms with van der Waals surface area (Å²) in [5.41, 5.74) is 2.75. The molecule has 3 aromatic rings. The zero-order valence-electron chi connectivity index (χ0n) is 19.0. The molecule has 2 aliphatic rings. The van der Waals surface area contributed by atoms with Crippen LogP contribution in [0.2, 0.25) is 0 Å². The van der Waals surface area contributed by atoms with E-state index in [0.29, 0.717) is 28.8 Å². The van der Waals surface area contributed by atoms with E-state index < -0.39 is 20.8 Å². The molecule has 2 aliphatic carbocycles. The van der Waals surface area contributed by atoms with E-state index in [1.54, 1.807) is 6.07 Å². The number of benzene rings is 3. The van der Waals surface area contributed by atoms with Crippen molar-refractivity contribution >= 4 is 21.6 Å². The quantitative estimate of drug-likeness (QED) is 0.178. The molecule has 0 atom stereocenters. The fourth-order valence-electron chi connectivity index (χ4n) is 5.24. The summed E-state index contributed by atoms with van der Waals surface area (Å²) in [6.45, 7) is 17.0. The van der Waals surface area contributed by atoms with Crippen molar-refractivity contribution in [3.63, 3.8) is 0 Å². The SMILES string of the molecule is [C-]#[N+]/C(C#N)=c1\c2c(/c(=C(/C#N)[N+]#[C-])c3c1Cc1ccc(S(F)(F)(F)(F)F)cc1-3)-c1cc(C)ccc1C2. The maximum Gasteiger partial charge on any atom is 0.310 e. The highest BCUT2D eigenvalue weighted by Gasteiger charge is 2.65. The molecule has 0 aromatic heterocycles. The zero-order valence-corrected chi connectivity index (χ0v) is 19.8. The Bertz CT molecular complexity index is 1880. The van der Waals surface area contributed by atoms with E-state index in [4.69, 9.17) is 13.1 Å². The molecule has 182 valence electrons. The van der Waals surface area contributed by atoms with Crippen molar-refractivity contribution in [1.29, 1.82) is 10.5 Å². The summed E-state index contributed by atoms with van der Waals surface area (Å²) in [4.78, 5) is 4.58. The molecule has 5 rings (SSSR count). The van der Waals surface area contributed by atoms with Crippen molar-refractivity contribution in [2.45, 2.75) is 24.7 Å². The molecule has 4 nitrogen and oxygen atoms in total. The van der Waals surface area contributed by atoms with E-state index in [1.165, 1.54) is 0 Å². The van der Waals surface area contributed by atoms with Crippen molar-refractivity contribution in [2.24, 2.45) is 0 Å². The van der Waals surface area contributed by atoms with Crippen molar-refractivity contribution in [3.05, 3.63) is 97.5 Å². The Kier molecular flexibility index (Phi) is 4.54. The molecule has 0 radical (unpaired) electrons. The third kappa shape index (κ3) is 3.54. The minimum absolute atomic E-state index is 0.00533. The molecule has 0 aliphatic heterocycles. The van der Waals surface area contributed by atoms with Crippen LogP contribution in [0.15, 0.2) is 41.3 Å². The highest BCUT2D eigenvalue weighted by Crippen LogP contribution is 3.02. The molecule has 0 unspecified atom stereocenters. The van der Waals surface area contributed by atoms with Crippen LogP contribution in [-0.2, 0) is 12.8 Å². The van der Waals surface area contributed by atoms with Crippen LogP contribution >= 0.6 is 10.2 Å². The van der Waals surface area contributed by atoms with Gasteiger partial charge in [-0.2, -0.15) is 0 Å². The lowest BCUT2D eigenvalue weighted by Crippen LogP contribution is -2.25. The Morgan fingerprint density at radius 3 is 1.76 bits per heavy atom. The van der Waals surface area contributed by atoms with Gasteiger partial charge in [0, 0.05) is 5.22 Å². The van der Waals surface area contributed by atoms with Gasteiger partial charge in [-0.25, -0.2) is 20.2 Å². The normalized spacial score (nSPS) is 16.3. The first-order chi connectivity index (χ1) is 17.2. The van der Waals surface area contributed by atoms with E-state index in [9.17, 15) is 30.0 Å². The number of aryl methyl sites for hydroxylation is 1. The van der Waals surface area contributed by atoms with Crippen molar-refractivity contribution in [2.75, 3.05) is 0 Å². The maximum atomic E-state index is 13.8. The van der Waals surface area contributed by atoms with Gasteiger partial charge in [-0.3, -0.25) is 0 Å². The fourth-order valence-corrected chi connectivity index (χ4v) is 5.91. The molecule has 0 saturated heterocycles. The van der Waals surface area contributed by atoms with Gasteiger partial charge in [-0.1, -0.05) is 49.3 Å². The Balaban J connectivity index is 2.11. The van der Waals surface area contributed by atoms with E-state index in [-0.39, 0.29) is 51.2 Å². The molecule has 0 fully saturated rings. The highest BCUT2D eigenvalue weighted by atomic mass is 32.5. The third-order valence-corrected chi connectivity index (χ3v) is 7.83. The van der Waals surface area contributed by atoms with Crippen LogP contribution in [0.1, 0.15) is 27.8 Å². The van der Waals surface area contributed by atoms with Crippen LogP contribution in [0.4, 0.5) is 19.4 Å². The second-order valence-corrected chi connectivity index (χ2v) is 11.3. The molecule has 10 heteroatoms. The summed E-state index contributed by atoms with van der Waals surface area (Å²) in [6, 6.07) is 10.8. The van der Waals surface area contributed by atoms with Crippen LogP contribution in [-0.4, -0.2) is 0 Å². The van der Waals surface area contributed by atoms with E-state index >= 15 is 0 Å². The number of fused-ring (bicyclic) bond motifs is 6. The number of nitrogens with zero attached hydrogens (tertiary/aromatic N) is 4. The lowest BCUT2D eigenvalue weighted by atomic mass is 9.90.